The van der Waals surface area contributed by atoms with Crippen LogP contribution >= 0.6 is 0 Å². The van der Waals surface area contributed by atoms with Gasteiger partial charge in [0.2, 0.25) is 0 Å². The molecular weight excluding hydrogens is 372 g/mol. The number of fused-ring (bicyclic) bond motifs is 5. The summed E-state index contributed by atoms with van der Waals surface area (Å²) in [4.78, 5) is 0. The largest absolute Gasteiger partial charge is 0.393 e. The molecule has 10 atom stereocenters. The van der Waals surface area contributed by atoms with E-state index in [1.54, 1.807) is 6.92 Å². The Kier molecular flexibility index (Phi) is 5.09. The monoisotopic (exact) mass is 424 g/mol. The predicted octanol–water partition coefficient (Wildman–Crippen LogP) is 5.70. The van der Waals surface area contributed by atoms with Crippen LogP contribution in [0, 0.1) is 40.4 Å². The van der Waals surface area contributed by atoms with Gasteiger partial charge in [-0.25, -0.2) is 0 Å². The summed E-state index contributed by atoms with van der Waals surface area (Å²) < 4.78 is 34.7. The zero-order valence-electron chi connectivity index (χ0n) is 23.7. The first-order valence-corrected chi connectivity index (χ1v) is 12.7. The SMILES string of the molecule is [2H]C([2H])(CCCC)C([2H])([2H])[C@@](C)(O)[C@H]1CC[C@H]2[C@@H]3C[C@H](O)[C@H]4C[C@@H](O)CC[C@]4(C)[C@H]3CC[C@@]21C. The molecule has 0 aromatic carbocycles. The second-order valence-corrected chi connectivity index (χ2v) is 11.9. The molecular formula is C27H48O3. The molecule has 0 aromatic heterocycles. The average Bonchev–Trinajstić information content (AvgIpc) is 3.11. The highest BCUT2D eigenvalue weighted by molar-refractivity contribution is 5.13. The minimum absolute atomic E-state index is 0.0236. The van der Waals surface area contributed by atoms with Crippen molar-refractivity contribution in [3.8, 4) is 0 Å². The molecule has 3 N–H and O–H groups in total. The van der Waals surface area contributed by atoms with Gasteiger partial charge in [-0.05, 0) is 105 Å². The lowest BCUT2D eigenvalue weighted by atomic mass is 9.43. The maximum Gasteiger partial charge on any atom is 0.0653 e. The predicted molar refractivity (Wildman–Crippen MR) is 122 cm³/mol. The van der Waals surface area contributed by atoms with Crippen LogP contribution in [0.25, 0.3) is 0 Å². The molecule has 4 aliphatic carbocycles. The third-order valence-electron chi connectivity index (χ3n) is 10.3. The van der Waals surface area contributed by atoms with Crippen LogP contribution in [0.15, 0.2) is 0 Å². The topological polar surface area (TPSA) is 60.7 Å². The molecule has 0 radical (unpaired) electrons. The number of hydrogen-bond acceptors (Lipinski definition) is 3. The molecule has 4 rings (SSSR count). The van der Waals surface area contributed by atoms with Gasteiger partial charge in [0, 0.05) is 5.48 Å². The van der Waals surface area contributed by atoms with Crippen LogP contribution in [-0.4, -0.2) is 33.1 Å². The fourth-order valence-corrected chi connectivity index (χ4v) is 8.80. The molecule has 4 saturated carbocycles. The van der Waals surface area contributed by atoms with Gasteiger partial charge in [0.25, 0.3) is 0 Å². The molecule has 30 heavy (non-hydrogen) atoms. The Balaban J connectivity index is 1.61. The first-order chi connectivity index (χ1) is 15.6. The molecule has 0 bridgehead atoms. The Labute approximate surface area is 190 Å². The van der Waals surface area contributed by atoms with Crippen molar-refractivity contribution in [2.24, 2.45) is 40.4 Å². The van der Waals surface area contributed by atoms with Crippen molar-refractivity contribution in [1.82, 2.24) is 0 Å². The molecule has 3 nitrogen and oxygen atoms in total. The number of aliphatic hydroxyl groups excluding tert-OH is 2. The van der Waals surface area contributed by atoms with Gasteiger partial charge in [-0.1, -0.05) is 46.4 Å². The maximum atomic E-state index is 11.8. The summed E-state index contributed by atoms with van der Waals surface area (Å²) in [5.74, 6) is 0.964. The van der Waals surface area contributed by atoms with Crippen LogP contribution in [0.1, 0.15) is 117 Å². The molecule has 0 saturated heterocycles. The van der Waals surface area contributed by atoms with Crippen molar-refractivity contribution in [1.29, 1.82) is 0 Å². The molecule has 174 valence electrons. The van der Waals surface area contributed by atoms with E-state index < -0.39 is 24.5 Å². The Morgan fingerprint density at radius 2 is 1.63 bits per heavy atom. The standard InChI is InChI=1S/C27H48O3/c1-5-6-7-8-13-27(4,30)24-10-9-20-19-17-23(29)22-16-18(28)11-14-25(22,2)21(19)12-15-26(20,24)3/h18-24,28-30H,5-17H2,1-4H3/t18-,19-,20-,21-,22+,23-,24-,25+,26-,27+/m0/s1/i8D2,13D2. The molecule has 3 heteroatoms. The Morgan fingerprint density at radius 3 is 2.37 bits per heavy atom. The molecule has 0 aromatic rings. The highest BCUT2D eigenvalue weighted by atomic mass is 16.3. The van der Waals surface area contributed by atoms with Gasteiger partial charge < -0.3 is 15.3 Å². The quantitative estimate of drug-likeness (QED) is 0.513. The number of rotatable bonds is 6. The van der Waals surface area contributed by atoms with Crippen molar-refractivity contribution >= 4 is 0 Å². The highest BCUT2D eigenvalue weighted by Gasteiger charge is 2.63. The van der Waals surface area contributed by atoms with E-state index in [1.165, 1.54) is 0 Å². The fourth-order valence-electron chi connectivity index (χ4n) is 8.80. The molecule has 0 heterocycles. The smallest absolute Gasteiger partial charge is 0.0653 e. The normalized spacial score (nSPS) is 53.2. The number of unbranched alkanes of at least 4 members (excludes halogenated alkanes) is 1. The number of hydrogen-bond donors (Lipinski definition) is 3. The Morgan fingerprint density at radius 1 is 0.933 bits per heavy atom. The van der Waals surface area contributed by atoms with E-state index in [1.807, 2.05) is 6.92 Å². The van der Waals surface area contributed by atoms with Gasteiger partial charge in [0.15, 0.2) is 0 Å². The molecule has 0 spiro atoms. The molecule has 0 aliphatic heterocycles. The number of aliphatic hydroxyl groups is 3. The van der Waals surface area contributed by atoms with Crippen LogP contribution < -0.4 is 0 Å². The van der Waals surface area contributed by atoms with Gasteiger partial charge in [-0.3, -0.25) is 0 Å². The second kappa shape index (κ2) is 8.34. The van der Waals surface area contributed by atoms with Crippen molar-refractivity contribution in [3.63, 3.8) is 0 Å². The van der Waals surface area contributed by atoms with E-state index >= 15 is 0 Å². The summed E-state index contributed by atoms with van der Waals surface area (Å²) in [7, 11) is 0. The summed E-state index contributed by atoms with van der Waals surface area (Å²) in [6, 6.07) is 0. The van der Waals surface area contributed by atoms with Crippen LogP contribution in [-0.2, 0) is 0 Å². The van der Waals surface area contributed by atoms with E-state index in [4.69, 9.17) is 5.48 Å². The van der Waals surface area contributed by atoms with Crippen LogP contribution in [0.5, 0.6) is 0 Å². The van der Waals surface area contributed by atoms with E-state index in [9.17, 15) is 15.3 Å². The summed E-state index contributed by atoms with van der Waals surface area (Å²) in [6.07, 6.45) is 3.03. The summed E-state index contributed by atoms with van der Waals surface area (Å²) >= 11 is 0. The van der Waals surface area contributed by atoms with E-state index in [-0.39, 0.29) is 35.2 Å². The first-order valence-electron chi connectivity index (χ1n) is 14.7. The van der Waals surface area contributed by atoms with Crippen molar-refractivity contribution < 1.29 is 20.8 Å². The van der Waals surface area contributed by atoms with Gasteiger partial charge in [-0.2, -0.15) is 0 Å². The van der Waals surface area contributed by atoms with Crippen molar-refractivity contribution in [3.05, 3.63) is 0 Å². The molecule has 0 amide bonds. The lowest BCUT2D eigenvalue weighted by molar-refractivity contribution is -0.179. The van der Waals surface area contributed by atoms with E-state index in [0.717, 1.165) is 44.9 Å². The van der Waals surface area contributed by atoms with Gasteiger partial charge in [0.05, 0.1) is 17.8 Å². The zero-order valence-corrected chi connectivity index (χ0v) is 19.7. The summed E-state index contributed by atoms with van der Waals surface area (Å²) in [5, 5.41) is 33.3. The minimum Gasteiger partial charge on any atom is -0.393 e. The zero-order chi connectivity index (χ0) is 25.3. The second-order valence-electron chi connectivity index (χ2n) is 11.9. The Hall–Kier alpha value is -0.120. The third-order valence-corrected chi connectivity index (χ3v) is 10.3. The molecule has 4 fully saturated rings. The Bertz CT molecular complexity index is 758. The molecule has 4 aliphatic rings. The van der Waals surface area contributed by atoms with Gasteiger partial charge in [0.1, 0.15) is 0 Å². The van der Waals surface area contributed by atoms with Crippen LogP contribution in [0.4, 0.5) is 0 Å². The molecule has 0 unspecified atom stereocenters. The van der Waals surface area contributed by atoms with E-state index in [2.05, 4.69) is 13.8 Å². The summed E-state index contributed by atoms with van der Waals surface area (Å²) in [5.41, 5.74) is -2.01. The lowest BCUT2D eigenvalue weighted by Gasteiger charge is -2.62. The van der Waals surface area contributed by atoms with Crippen LogP contribution in [0.2, 0.25) is 0 Å². The van der Waals surface area contributed by atoms with Crippen molar-refractivity contribution in [2.45, 2.75) is 129 Å². The lowest BCUT2D eigenvalue weighted by Crippen LogP contribution is -2.59. The highest BCUT2D eigenvalue weighted by Crippen LogP contribution is 2.68. The van der Waals surface area contributed by atoms with Gasteiger partial charge >= 0.3 is 0 Å². The maximum absolute atomic E-state index is 11.8. The van der Waals surface area contributed by atoms with E-state index in [0.29, 0.717) is 37.0 Å². The first kappa shape index (κ1) is 18.3. The fraction of sp³-hybridized carbons (Fsp3) is 1.00. The average molecular weight is 425 g/mol. The third kappa shape index (κ3) is 3.69. The van der Waals surface area contributed by atoms with Gasteiger partial charge in [-0.15, -0.1) is 0 Å². The summed E-state index contributed by atoms with van der Waals surface area (Å²) in [6.45, 7) is 8.07. The van der Waals surface area contributed by atoms with Crippen molar-refractivity contribution in [2.75, 3.05) is 0 Å². The minimum atomic E-state index is -2.35. The van der Waals surface area contributed by atoms with Crippen LogP contribution in [0.3, 0.4) is 0 Å².